The third-order valence-electron chi connectivity index (χ3n) is 5.37. The van der Waals surface area contributed by atoms with Gasteiger partial charge in [-0.3, -0.25) is 0 Å². The molecule has 2 nitrogen and oxygen atoms in total. The van der Waals surface area contributed by atoms with E-state index in [1.54, 1.807) is 0 Å². The van der Waals surface area contributed by atoms with Crippen LogP contribution in [0.2, 0.25) is 0 Å². The Hall–Kier alpha value is -0.0800. The summed E-state index contributed by atoms with van der Waals surface area (Å²) in [4.78, 5) is 0. The third kappa shape index (κ3) is 3.95. The highest BCUT2D eigenvalue weighted by atomic mass is 16.6. The fourth-order valence-corrected chi connectivity index (χ4v) is 3.42. The van der Waals surface area contributed by atoms with Gasteiger partial charge in [-0.1, -0.05) is 33.1 Å². The average molecular weight is 268 g/mol. The highest BCUT2D eigenvalue weighted by Gasteiger charge is 2.55. The van der Waals surface area contributed by atoms with E-state index in [4.69, 9.17) is 9.47 Å². The first-order chi connectivity index (χ1) is 9.09. The van der Waals surface area contributed by atoms with E-state index in [-0.39, 0.29) is 5.60 Å². The molecule has 2 fully saturated rings. The summed E-state index contributed by atoms with van der Waals surface area (Å²) in [6, 6.07) is 0. The summed E-state index contributed by atoms with van der Waals surface area (Å²) in [5, 5.41) is 0. The smallest absolute Gasteiger partial charge is 0.0920 e. The highest BCUT2D eigenvalue weighted by molar-refractivity contribution is 5.04. The molecule has 5 atom stereocenters. The van der Waals surface area contributed by atoms with Gasteiger partial charge >= 0.3 is 0 Å². The molecule has 4 unspecified atom stereocenters. The molecule has 0 radical (unpaired) electrons. The predicted molar refractivity (Wildman–Crippen MR) is 79.3 cm³/mol. The molecule has 0 aromatic rings. The fraction of sp³-hybridized carbons (Fsp3) is 1.00. The first kappa shape index (κ1) is 15.3. The van der Waals surface area contributed by atoms with E-state index in [2.05, 4.69) is 27.7 Å². The van der Waals surface area contributed by atoms with Gasteiger partial charge in [-0.25, -0.2) is 0 Å². The predicted octanol–water partition coefficient (Wildman–Crippen LogP) is 4.57. The van der Waals surface area contributed by atoms with Gasteiger partial charge in [0, 0.05) is 6.61 Å². The minimum absolute atomic E-state index is 0.239. The molecule has 0 N–H and O–H groups in total. The van der Waals surface area contributed by atoms with E-state index in [9.17, 15) is 0 Å². The highest BCUT2D eigenvalue weighted by Crippen LogP contribution is 2.50. The molecule has 0 aromatic heterocycles. The van der Waals surface area contributed by atoms with Gasteiger partial charge in [-0.15, -0.1) is 0 Å². The van der Waals surface area contributed by atoms with E-state index in [1.165, 1.54) is 44.9 Å². The van der Waals surface area contributed by atoms with Crippen molar-refractivity contribution in [1.82, 2.24) is 0 Å². The van der Waals surface area contributed by atoms with Crippen LogP contribution in [0.25, 0.3) is 0 Å². The molecule has 1 heterocycles. The van der Waals surface area contributed by atoms with E-state index < -0.39 is 0 Å². The second-order valence-corrected chi connectivity index (χ2v) is 6.91. The van der Waals surface area contributed by atoms with Crippen molar-refractivity contribution in [1.29, 1.82) is 0 Å². The van der Waals surface area contributed by atoms with Gasteiger partial charge in [-0.2, -0.15) is 0 Å². The molecular weight excluding hydrogens is 236 g/mol. The number of rotatable bonds is 8. The van der Waals surface area contributed by atoms with Gasteiger partial charge in [0.1, 0.15) is 0 Å². The Bertz CT molecular complexity index is 278. The number of epoxide rings is 1. The molecule has 0 amide bonds. The lowest BCUT2D eigenvalue weighted by Crippen LogP contribution is -2.30. The van der Waals surface area contributed by atoms with Crippen molar-refractivity contribution >= 4 is 0 Å². The lowest BCUT2D eigenvalue weighted by Gasteiger charge is -2.29. The molecule has 2 heteroatoms. The molecule has 0 aromatic carbocycles. The summed E-state index contributed by atoms with van der Waals surface area (Å²) in [6.07, 6.45) is 9.87. The number of hydrogen-bond acceptors (Lipinski definition) is 2. The van der Waals surface area contributed by atoms with Crippen LogP contribution in [0.4, 0.5) is 0 Å². The van der Waals surface area contributed by atoms with Gasteiger partial charge in [0.05, 0.1) is 17.8 Å². The molecule has 112 valence electrons. The molecule has 2 rings (SSSR count). The first-order valence-corrected chi connectivity index (χ1v) is 8.38. The van der Waals surface area contributed by atoms with Crippen LogP contribution in [-0.2, 0) is 9.47 Å². The molecule has 0 bridgehead atoms. The Labute approximate surface area is 119 Å². The van der Waals surface area contributed by atoms with Crippen LogP contribution in [0.3, 0.4) is 0 Å². The van der Waals surface area contributed by atoms with Crippen LogP contribution in [-0.4, -0.2) is 24.4 Å². The van der Waals surface area contributed by atoms with Crippen molar-refractivity contribution in [3.63, 3.8) is 0 Å². The summed E-state index contributed by atoms with van der Waals surface area (Å²) in [5.41, 5.74) is 0.239. The van der Waals surface area contributed by atoms with Crippen LogP contribution >= 0.6 is 0 Å². The standard InChI is InChI=1S/C17H32O2/c1-5-7-8-14(6-2)12-18-13(3)15-9-10-17(4)16(11-15)19-17/h13-16H,5-12H2,1-4H3/t13?,14?,15?,16-,17?/m0/s1. The number of fused-ring (bicyclic) bond motifs is 1. The van der Waals surface area contributed by atoms with Crippen molar-refractivity contribution in [3.8, 4) is 0 Å². The average Bonchev–Trinajstić information content (AvgIpc) is 3.09. The summed E-state index contributed by atoms with van der Waals surface area (Å²) in [6.45, 7) is 10.0. The molecule has 1 saturated carbocycles. The SMILES string of the molecule is CCCCC(CC)COC(C)C1CCC2(C)O[C@H]2C1. The maximum atomic E-state index is 6.18. The normalized spacial score (nSPS) is 36.6. The molecule has 1 saturated heterocycles. The summed E-state index contributed by atoms with van der Waals surface area (Å²) < 4.78 is 12.0. The van der Waals surface area contributed by atoms with Crippen molar-refractivity contribution < 1.29 is 9.47 Å². The maximum Gasteiger partial charge on any atom is 0.0920 e. The zero-order valence-electron chi connectivity index (χ0n) is 13.3. The largest absolute Gasteiger partial charge is 0.378 e. The Kier molecular flexibility index (Phi) is 5.30. The lowest BCUT2D eigenvalue weighted by molar-refractivity contribution is -0.00705. The Morgan fingerprint density at radius 2 is 2.16 bits per heavy atom. The van der Waals surface area contributed by atoms with Crippen LogP contribution in [0.1, 0.15) is 72.6 Å². The number of hydrogen-bond donors (Lipinski definition) is 0. The lowest BCUT2D eigenvalue weighted by atomic mass is 9.80. The van der Waals surface area contributed by atoms with Crippen LogP contribution in [0.15, 0.2) is 0 Å². The van der Waals surface area contributed by atoms with E-state index >= 15 is 0 Å². The minimum atomic E-state index is 0.239. The number of ether oxygens (including phenoxy) is 2. The summed E-state index contributed by atoms with van der Waals surface area (Å²) in [7, 11) is 0. The van der Waals surface area contributed by atoms with Crippen LogP contribution < -0.4 is 0 Å². The molecule has 0 spiro atoms. The molecule has 19 heavy (non-hydrogen) atoms. The Morgan fingerprint density at radius 1 is 1.37 bits per heavy atom. The van der Waals surface area contributed by atoms with Crippen molar-refractivity contribution in [2.24, 2.45) is 11.8 Å². The molecule has 2 aliphatic rings. The zero-order chi connectivity index (χ0) is 13.9. The van der Waals surface area contributed by atoms with Gasteiger partial charge in [0.2, 0.25) is 0 Å². The Morgan fingerprint density at radius 3 is 2.79 bits per heavy atom. The maximum absolute atomic E-state index is 6.18. The molecular formula is C17H32O2. The van der Waals surface area contributed by atoms with Crippen molar-refractivity contribution in [2.45, 2.75) is 90.4 Å². The van der Waals surface area contributed by atoms with Gasteiger partial charge in [0.25, 0.3) is 0 Å². The third-order valence-corrected chi connectivity index (χ3v) is 5.37. The molecule has 1 aliphatic carbocycles. The summed E-state index contributed by atoms with van der Waals surface area (Å²) >= 11 is 0. The van der Waals surface area contributed by atoms with Gasteiger partial charge in [-0.05, 0) is 51.4 Å². The second kappa shape index (κ2) is 6.58. The van der Waals surface area contributed by atoms with E-state index in [1.807, 2.05) is 0 Å². The topological polar surface area (TPSA) is 21.8 Å². The van der Waals surface area contributed by atoms with E-state index in [0.717, 1.165) is 12.5 Å². The monoisotopic (exact) mass is 268 g/mol. The van der Waals surface area contributed by atoms with Crippen molar-refractivity contribution in [3.05, 3.63) is 0 Å². The Balaban J connectivity index is 1.67. The second-order valence-electron chi connectivity index (χ2n) is 6.91. The molecule has 1 aliphatic heterocycles. The van der Waals surface area contributed by atoms with Crippen molar-refractivity contribution in [2.75, 3.05) is 6.61 Å². The minimum Gasteiger partial charge on any atom is -0.378 e. The summed E-state index contributed by atoms with van der Waals surface area (Å²) in [5.74, 6) is 1.47. The number of unbranched alkanes of at least 4 members (excludes halogenated alkanes) is 1. The van der Waals surface area contributed by atoms with Gasteiger partial charge < -0.3 is 9.47 Å². The first-order valence-electron chi connectivity index (χ1n) is 8.38. The van der Waals surface area contributed by atoms with Gasteiger partial charge in [0.15, 0.2) is 0 Å². The quantitative estimate of drug-likeness (QED) is 0.602. The van der Waals surface area contributed by atoms with Crippen LogP contribution in [0, 0.1) is 11.8 Å². The van der Waals surface area contributed by atoms with E-state index in [0.29, 0.717) is 18.1 Å². The fourth-order valence-electron chi connectivity index (χ4n) is 3.42. The zero-order valence-corrected chi connectivity index (χ0v) is 13.3. The van der Waals surface area contributed by atoms with Crippen LogP contribution in [0.5, 0.6) is 0 Å².